The highest BCUT2D eigenvalue weighted by atomic mass is 35.5. The molecule has 0 radical (unpaired) electrons. The van der Waals surface area contributed by atoms with E-state index in [1.807, 2.05) is 36.4 Å². The van der Waals surface area contributed by atoms with Crippen LogP contribution in [0.2, 0.25) is 10.0 Å². The first-order valence-corrected chi connectivity index (χ1v) is 8.43. The first kappa shape index (κ1) is 18.4. The molecular formula is C18H20Cl2N2O2. The van der Waals surface area contributed by atoms with Gasteiger partial charge in [0.25, 0.3) is 0 Å². The van der Waals surface area contributed by atoms with E-state index in [0.29, 0.717) is 29.6 Å². The fraction of sp³-hybridized carbons (Fsp3) is 0.278. The average Bonchev–Trinajstić information content (AvgIpc) is 2.59. The Morgan fingerprint density at radius 2 is 1.92 bits per heavy atom. The van der Waals surface area contributed by atoms with Crippen molar-refractivity contribution in [2.24, 2.45) is 0 Å². The second-order valence-corrected chi connectivity index (χ2v) is 6.01. The van der Waals surface area contributed by atoms with E-state index >= 15 is 0 Å². The molecule has 2 aromatic carbocycles. The van der Waals surface area contributed by atoms with Gasteiger partial charge in [-0.15, -0.1) is 0 Å². The van der Waals surface area contributed by atoms with Gasteiger partial charge in [-0.25, -0.2) is 0 Å². The molecular weight excluding hydrogens is 347 g/mol. The molecule has 0 fully saturated rings. The van der Waals surface area contributed by atoms with Gasteiger partial charge in [0.15, 0.2) is 0 Å². The third-order valence-electron chi connectivity index (χ3n) is 3.49. The molecule has 2 rings (SSSR count). The minimum absolute atomic E-state index is 0.0106. The van der Waals surface area contributed by atoms with Crippen LogP contribution in [0.4, 0.5) is 5.69 Å². The van der Waals surface area contributed by atoms with Crippen LogP contribution in [-0.4, -0.2) is 26.1 Å². The SMILES string of the molecule is COc1cccc(CCNC(=O)CCNc2cccc(Cl)c2Cl)c1. The second-order valence-electron chi connectivity index (χ2n) is 5.23. The lowest BCUT2D eigenvalue weighted by molar-refractivity contribution is -0.120. The number of rotatable bonds is 8. The Bertz CT molecular complexity index is 692. The number of carbonyl (C=O) groups excluding carboxylic acids is 1. The highest BCUT2D eigenvalue weighted by molar-refractivity contribution is 6.43. The van der Waals surface area contributed by atoms with Crippen molar-refractivity contribution in [3.63, 3.8) is 0 Å². The van der Waals surface area contributed by atoms with E-state index in [4.69, 9.17) is 27.9 Å². The molecule has 0 atom stereocenters. The lowest BCUT2D eigenvalue weighted by Gasteiger charge is -2.10. The summed E-state index contributed by atoms with van der Waals surface area (Å²) >= 11 is 12.0. The van der Waals surface area contributed by atoms with Gasteiger partial charge in [0.05, 0.1) is 22.8 Å². The molecule has 0 aliphatic carbocycles. The van der Waals surface area contributed by atoms with Crippen molar-refractivity contribution in [1.29, 1.82) is 0 Å². The quantitative estimate of drug-likeness (QED) is 0.737. The van der Waals surface area contributed by atoms with Gasteiger partial charge in [-0.05, 0) is 36.2 Å². The molecule has 0 heterocycles. The minimum Gasteiger partial charge on any atom is -0.497 e. The Kier molecular flexibility index (Phi) is 7.22. The van der Waals surface area contributed by atoms with E-state index in [0.717, 1.165) is 23.4 Å². The van der Waals surface area contributed by atoms with Crippen molar-refractivity contribution in [2.45, 2.75) is 12.8 Å². The number of methoxy groups -OCH3 is 1. The maximum atomic E-state index is 11.9. The van der Waals surface area contributed by atoms with E-state index in [1.54, 1.807) is 13.2 Å². The van der Waals surface area contributed by atoms with Gasteiger partial charge < -0.3 is 15.4 Å². The minimum atomic E-state index is -0.0106. The Labute approximate surface area is 152 Å². The molecule has 2 aromatic rings. The Balaban J connectivity index is 1.69. The lowest BCUT2D eigenvalue weighted by atomic mass is 10.1. The Morgan fingerprint density at radius 3 is 2.71 bits per heavy atom. The summed E-state index contributed by atoms with van der Waals surface area (Å²) in [6.45, 7) is 1.08. The van der Waals surface area contributed by atoms with Gasteiger partial charge in [0.1, 0.15) is 5.75 Å². The first-order chi connectivity index (χ1) is 11.6. The number of ether oxygens (including phenoxy) is 1. The summed E-state index contributed by atoms with van der Waals surface area (Å²) in [6.07, 6.45) is 1.12. The fourth-order valence-corrected chi connectivity index (χ4v) is 2.58. The summed E-state index contributed by atoms with van der Waals surface area (Å²) in [5, 5.41) is 6.98. The largest absolute Gasteiger partial charge is 0.497 e. The molecule has 0 saturated heterocycles. The molecule has 6 heteroatoms. The summed E-state index contributed by atoms with van der Waals surface area (Å²) in [4.78, 5) is 11.9. The highest BCUT2D eigenvalue weighted by Crippen LogP contribution is 2.29. The van der Waals surface area contributed by atoms with E-state index in [1.165, 1.54) is 0 Å². The molecule has 0 unspecified atom stereocenters. The van der Waals surface area contributed by atoms with Crippen molar-refractivity contribution in [3.05, 3.63) is 58.1 Å². The number of hydrogen-bond acceptors (Lipinski definition) is 3. The van der Waals surface area contributed by atoms with Gasteiger partial charge >= 0.3 is 0 Å². The van der Waals surface area contributed by atoms with Gasteiger partial charge in [0.2, 0.25) is 5.91 Å². The summed E-state index contributed by atoms with van der Waals surface area (Å²) in [5.74, 6) is 0.810. The third kappa shape index (κ3) is 5.62. The predicted octanol–water partition coefficient (Wildman–Crippen LogP) is 4.16. The van der Waals surface area contributed by atoms with Crippen LogP contribution in [0.15, 0.2) is 42.5 Å². The normalized spacial score (nSPS) is 10.3. The summed E-state index contributed by atoms with van der Waals surface area (Å²) in [6, 6.07) is 13.2. The van der Waals surface area contributed by atoms with E-state index < -0.39 is 0 Å². The summed E-state index contributed by atoms with van der Waals surface area (Å²) in [5.41, 5.74) is 1.85. The second kappa shape index (κ2) is 9.40. The number of benzene rings is 2. The predicted molar refractivity (Wildman–Crippen MR) is 99.3 cm³/mol. The number of anilines is 1. The van der Waals surface area contributed by atoms with Crippen LogP contribution in [0.5, 0.6) is 5.75 Å². The van der Waals surface area contributed by atoms with Crippen LogP contribution >= 0.6 is 23.2 Å². The number of nitrogens with one attached hydrogen (secondary N) is 2. The molecule has 2 N–H and O–H groups in total. The number of halogens is 2. The molecule has 128 valence electrons. The molecule has 0 bridgehead atoms. The smallest absolute Gasteiger partial charge is 0.221 e. The van der Waals surface area contributed by atoms with Crippen molar-refractivity contribution >= 4 is 34.8 Å². The molecule has 0 spiro atoms. The highest BCUT2D eigenvalue weighted by Gasteiger charge is 2.05. The van der Waals surface area contributed by atoms with Crippen LogP contribution in [0.1, 0.15) is 12.0 Å². The van der Waals surface area contributed by atoms with E-state index in [-0.39, 0.29) is 5.91 Å². The number of hydrogen-bond donors (Lipinski definition) is 2. The van der Waals surface area contributed by atoms with Gasteiger partial charge in [-0.1, -0.05) is 41.4 Å². The van der Waals surface area contributed by atoms with E-state index in [9.17, 15) is 4.79 Å². The van der Waals surface area contributed by atoms with Crippen molar-refractivity contribution in [2.75, 3.05) is 25.5 Å². The van der Waals surface area contributed by atoms with E-state index in [2.05, 4.69) is 10.6 Å². The lowest BCUT2D eigenvalue weighted by Crippen LogP contribution is -2.27. The zero-order valence-electron chi connectivity index (χ0n) is 13.4. The zero-order valence-corrected chi connectivity index (χ0v) is 15.0. The van der Waals surface area contributed by atoms with Crippen LogP contribution in [-0.2, 0) is 11.2 Å². The maximum Gasteiger partial charge on any atom is 0.221 e. The Morgan fingerprint density at radius 1 is 1.12 bits per heavy atom. The summed E-state index contributed by atoms with van der Waals surface area (Å²) in [7, 11) is 1.64. The first-order valence-electron chi connectivity index (χ1n) is 7.67. The van der Waals surface area contributed by atoms with Gasteiger partial charge in [-0.2, -0.15) is 0 Å². The fourth-order valence-electron chi connectivity index (χ4n) is 2.21. The van der Waals surface area contributed by atoms with Crippen LogP contribution in [0.3, 0.4) is 0 Å². The topological polar surface area (TPSA) is 50.4 Å². The molecule has 1 amide bonds. The molecule has 4 nitrogen and oxygen atoms in total. The van der Waals surface area contributed by atoms with Crippen LogP contribution < -0.4 is 15.4 Å². The average molecular weight is 367 g/mol. The van der Waals surface area contributed by atoms with Gasteiger partial charge in [0, 0.05) is 19.5 Å². The molecule has 0 aliphatic heterocycles. The standard InChI is InChI=1S/C18H20Cl2N2O2/c1-24-14-5-2-4-13(12-14)8-10-22-17(23)9-11-21-16-7-3-6-15(19)18(16)20/h2-7,12,21H,8-11H2,1H3,(H,22,23). The molecule has 24 heavy (non-hydrogen) atoms. The monoisotopic (exact) mass is 366 g/mol. The molecule has 0 aliphatic rings. The summed E-state index contributed by atoms with van der Waals surface area (Å²) < 4.78 is 5.18. The van der Waals surface area contributed by atoms with Crippen molar-refractivity contribution in [3.8, 4) is 5.75 Å². The van der Waals surface area contributed by atoms with Gasteiger partial charge in [-0.3, -0.25) is 4.79 Å². The number of carbonyl (C=O) groups is 1. The third-order valence-corrected chi connectivity index (χ3v) is 4.31. The zero-order chi connectivity index (χ0) is 17.4. The maximum absolute atomic E-state index is 11.9. The van der Waals surface area contributed by atoms with Crippen LogP contribution in [0.25, 0.3) is 0 Å². The van der Waals surface area contributed by atoms with Crippen LogP contribution in [0, 0.1) is 0 Å². The van der Waals surface area contributed by atoms with Crippen molar-refractivity contribution in [1.82, 2.24) is 5.32 Å². The molecule has 0 saturated carbocycles. The molecule has 0 aromatic heterocycles. The number of amides is 1. The Hall–Kier alpha value is -1.91. The van der Waals surface area contributed by atoms with Crippen molar-refractivity contribution < 1.29 is 9.53 Å².